The van der Waals surface area contributed by atoms with E-state index in [0.29, 0.717) is 0 Å². The maximum Gasteiger partial charge on any atom is 0.459 e. The van der Waals surface area contributed by atoms with E-state index < -0.39 is 112 Å². The van der Waals surface area contributed by atoms with E-state index in [4.69, 9.17) is 23.2 Å². The molecule has 0 bridgehead atoms. The second-order valence-corrected chi connectivity index (χ2v) is 8.83. The average Bonchev–Trinajstić information content (AvgIpc) is 3.16. The lowest BCUT2D eigenvalue weighted by Gasteiger charge is -2.27. The van der Waals surface area contributed by atoms with Crippen molar-refractivity contribution in [3.63, 3.8) is 0 Å². The number of nitrogens with zero attached hydrogens (tertiary/aromatic N) is 2. The van der Waals surface area contributed by atoms with E-state index in [1.165, 1.54) is 0 Å². The second kappa shape index (κ2) is 8.80. The zero-order chi connectivity index (χ0) is 31.3. The predicted molar refractivity (Wildman–Crippen MR) is 107 cm³/mol. The smallest absolute Gasteiger partial charge is 0.269 e. The largest absolute Gasteiger partial charge is 0.459 e. The summed E-state index contributed by atoms with van der Waals surface area (Å²) in [5.74, 6) is -26.0. The zero-order valence-corrected chi connectivity index (χ0v) is 19.5. The lowest BCUT2D eigenvalue weighted by atomic mass is 10.1. The molecule has 0 unspecified atom stereocenters. The van der Waals surface area contributed by atoms with Crippen LogP contribution in [0.5, 0.6) is 0 Å². The minimum atomic E-state index is -6.89. The van der Waals surface area contributed by atoms with Gasteiger partial charge in [0.2, 0.25) is 0 Å². The molecule has 6 nitrogen and oxygen atoms in total. The van der Waals surface area contributed by atoms with Crippen LogP contribution in [-0.2, 0) is 13.1 Å². The molecule has 0 aliphatic rings. The highest BCUT2D eigenvalue weighted by Crippen LogP contribution is 2.48. The van der Waals surface area contributed by atoms with Crippen LogP contribution in [-0.4, -0.2) is 45.2 Å². The Morgan fingerprint density at radius 3 is 0.825 bits per heavy atom. The maximum atomic E-state index is 13.9. The summed E-state index contributed by atoms with van der Waals surface area (Å²) in [5.41, 5.74) is -8.78. The van der Waals surface area contributed by atoms with Gasteiger partial charge in [0, 0.05) is 0 Å². The second-order valence-electron chi connectivity index (χ2n) is 8.07. The van der Waals surface area contributed by atoms with E-state index >= 15 is 0 Å². The Kier molecular flexibility index (Phi) is 6.96. The molecule has 0 atom stereocenters. The molecule has 0 aliphatic heterocycles. The van der Waals surface area contributed by atoms with Crippen LogP contribution < -0.4 is 22.2 Å². The molecule has 0 spiro atoms. The number of hydrogen-bond acceptors (Lipinski definition) is 4. The van der Waals surface area contributed by atoms with Crippen molar-refractivity contribution in [3.8, 4) is 0 Å². The molecule has 0 N–H and O–H groups in total. The minimum Gasteiger partial charge on any atom is -0.269 e. The van der Waals surface area contributed by atoms with Crippen LogP contribution in [0.1, 0.15) is 0 Å². The molecule has 0 saturated heterocycles. The van der Waals surface area contributed by atoms with Gasteiger partial charge in [-0.2, -0.15) is 61.5 Å². The van der Waals surface area contributed by atoms with Gasteiger partial charge >= 0.3 is 36.0 Å². The molecular formula is C18H4Cl2F14N2O4. The number of hydrogen-bond donors (Lipinski definition) is 0. The van der Waals surface area contributed by atoms with Crippen LogP contribution >= 0.6 is 23.2 Å². The molecule has 2 heterocycles. The van der Waals surface area contributed by atoms with Crippen molar-refractivity contribution in [2.75, 3.05) is 0 Å². The first kappa shape index (κ1) is 31.6. The van der Waals surface area contributed by atoms with Crippen LogP contribution in [0.15, 0.2) is 19.2 Å². The molecule has 1 aromatic carbocycles. The summed E-state index contributed by atoms with van der Waals surface area (Å²) in [5, 5.41) is -8.89. The van der Waals surface area contributed by atoms with E-state index in [2.05, 4.69) is 0 Å². The highest BCUT2D eigenvalue weighted by molar-refractivity contribution is 6.47. The molecule has 3 aromatic rings. The van der Waals surface area contributed by atoms with Crippen molar-refractivity contribution in [2.45, 2.75) is 49.1 Å². The van der Waals surface area contributed by atoms with Crippen molar-refractivity contribution in [3.05, 3.63) is 51.5 Å². The van der Waals surface area contributed by atoms with Gasteiger partial charge in [-0.3, -0.25) is 28.3 Å². The minimum absolute atomic E-state index is 0.915. The predicted octanol–water partition coefficient (Wildman–Crippen LogP) is 4.89. The molecule has 40 heavy (non-hydrogen) atoms. The molecule has 0 radical (unpaired) electrons. The summed E-state index contributed by atoms with van der Waals surface area (Å²) < 4.78 is 181. The van der Waals surface area contributed by atoms with E-state index in [9.17, 15) is 80.6 Å². The van der Waals surface area contributed by atoms with Crippen molar-refractivity contribution < 1.29 is 61.5 Å². The first-order valence-electron chi connectivity index (χ1n) is 9.57. The van der Waals surface area contributed by atoms with Crippen molar-refractivity contribution in [1.29, 1.82) is 0 Å². The molecule has 0 aliphatic carbocycles. The summed E-state index contributed by atoms with van der Waals surface area (Å²) in [6.07, 6.45) is -13.8. The van der Waals surface area contributed by atoms with Crippen LogP contribution in [0.25, 0.3) is 21.5 Å². The number of alkyl halides is 14. The summed E-state index contributed by atoms with van der Waals surface area (Å²) in [7, 11) is 0. The monoisotopic (exact) mass is 648 g/mol. The Hall–Kier alpha value is -2.90. The van der Waals surface area contributed by atoms with E-state index in [-0.39, 0.29) is 0 Å². The highest BCUT2D eigenvalue weighted by Gasteiger charge is 2.74. The number of fused-ring (bicyclic) bond motifs is 2. The quantitative estimate of drug-likeness (QED) is 0.357. The standard InChI is InChI=1S/C18H4Cl2F14N2O4/c19-7-3-4(10(38)35(9(3)37)1-13(21,22)15(25,26)17(29,30)31)8(20)6-5(7)11(39)36(12(6)40)2-14(23,24)16(27,28)18(32,33)34/h1-2H2. The van der Waals surface area contributed by atoms with Gasteiger partial charge in [0.1, 0.15) is 0 Å². The summed E-state index contributed by atoms with van der Waals surface area (Å²) in [6, 6.07) is 0. The average molecular weight is 649 g/mol. The van der Waals surface area contributed by atoms with E-state index in [1.807, 2.05) is 0 Å². The lowest BCUT2D eigenvalue weighted by Crippen LogP contribution is -2.55. The molecule has 22 heteroatoms. The van der Waals surface area contributed by atoms with Crippen LogP contribution in [0, 0.1) is 0 Å². The van der Waals surface area contributed by atoms with Gasteiger partial charge in [0.05, 0.1) is 44.7 Å². The fraction of sp³-hybridized carbons (Fsp3) is 0.444. The zero-order valence-electron chi connectivity index (χ0n) is 18.0. The summed E-state index contributed by atoms with van der Waals surface area (Å²) in [6.45, 7) is -5.92. The molecule has 0 amide bonds. The number of aromatic nitrogens is 2. The van der Waals surface area contributed by atoms with Gasteiger partial charge in [-0.15, -0.1) is 0 Å². The van der Waals surface area contributed by atoms with Crippen molar-refractivity contribution >= 4 is 44.7 Å². The molecule has 2 aromatic heterocycles. The van der Waals surface area contributed by atoms with Gasteiger partial charge in [0.15, 0.2) is 0 Å². The Morgan fingerprint density at radius 2 is 0.650 bits per heavy atom. The van der Waals surface area contributed by atoms with Gasteiger partial charge < -0.3 is 0 Å². The topological polar surface area (TPSA) is 78.1 Å². The lowest BCUT2D eigenvalue weighted by molar-refractivity contribution is -0.357. The SMILES string of the molecule is O=c1c2c(Cl)c3c(=O)n(CC(F)(F)C(F)(F)C(F)(F)F)c(=O)c3c(Cl)c2c(=O)n1CC(F)(F)C(F)(F)C(F)(F)F. The molecule has 0 fully saturated rings. The van der Waals surface area contributed by atoms with Crippen molar-refractivity contribution in [1.82, 2.24) is 9.13 Å². The van der Waals surface area contributed by atoms with E-state index in [0.717, 1.165) is 0 Å². The Labute approximate surface area is 216 Å². The number of rotatable bonds is 6. The Bertz CT molecular complexity index is 1530. The molecule has 3 rings (SSSR count). The third-order valence-corrected chi connectivity index (χ3v) is 6.31. The van der Waals surface area contributed by atoms with Crippen LogP contribution in [0.2, 0.25) is 10.0 Å². The summed E-state index contributed by atoms with van der Waals surface area (Å²) >= 11 is 11.4. The van der Waals surface area contributed by atoms with Crippen LogP contribution in [0.3, 0.4) is 0 Å². The molecule has 222 valence electrons. The Morgan fingerprint density at radius 1 is 0.450 bits per heavy atom. The number of benzene rings is 1. The molecule has 0 saturated carbocycles. The van der Waals surface area contributed by atoms with Crippen LogP contribution in [0.4, 0.5) is 61.5 Å². The van der Waals surface area contributed by atoms with Crippen molar-refractivity contribution in [2.24, 2.45) is 0 Å². The summed E-state index contributed by atoms with van der Waals surface area (Å²) in [4.78, 5) is 50.1. The fourth-order valence-electron chi connectivity index (χ4n) is 3.51. The highest BCUT2D eigenvalue weighted by atomic mass is 35.5. The number of halogens is 16. The van der Waals surface area contributed by atoms with Gasteiger partial charge in [0.25, 0.3) is 22.2 Å². The molecular weight excluding hydrogens is 645 g/mol. The third-order valence-electron chi connectivity index (χ3n) is 5.56. The van der Waals surface area contributed by atoms with E-state index in [1.54, 1.807) is 0 Å². The third kappa shape index (κ3) is 4.16. The Balaban J connectivity index is 2.34. The van der Waals surface area contributed by atoms with Gasteiger partial charge in [-0.05, 0) is 0 Å². The fourth-order valence-corrected chi connectivity index (χ4v) is 4.22. The van der Waals surface area contributed by atoms with Gasteiger partial charge in [-0.1, -0.05) is 23.2 Å². The first-order chi connectivity index (χ1) is 17.7. The van der Waals surface area contributed by atoms with Gasteiger partial charge in [-0.25, -0.2) is 0 Å². The maximum absolute atomic E-state index is 13.9. The normalized spacial score (nSPS) is 14.6. The first-order valence-corrected chi connectivity index (χ1v) is 10.3.